The number of hydrogen-bond donors (Lipinski definition) is 2. The summed E-state index contributed by atoms with van der Waals surface area (Å²) in [6, 6.07) is 9.73. The van der Waals surface area contributed by atoms with Crippen molar-refractivity contribution in [1.29, 1.82) is 0 Å². The third-order valence-electron chi connectivity index (χ3n) is 3.43. The number of ether oxygens (including phenoxy) is 2. The van der Waals surface area contributed by atoms with Crippen molar-refractivity contribution in [3.63, 3.8) is 0 Å². The van der Waals surface area contributed by atoms with Crippen LogP contribution in [0.2, 0.25) is 0 Å². The Bertz CT molecular complexity index is 821. The average molecular weight is 360 g/mol. The Balaban J connectivity index is 1.81. The van der Waals surface area contributed by atoms with Crippen molar-refractivity contribution >= 4 is 23.5 Å². The Morgan fingerprint density at radius 3 is 2.38 bits per heavy atom. The molecular weight excluding hydrogens is 343 g/mol. The van der Waals surface area contributed by atoms with E-state index in [1.165, 1.54) is 13.2 Å². The van der Waals surface area contributed by atoms with Gasteiger partial charge in [0.1, 0.15) is 5.82 Å². The van der Waals surface area contributed by atoms with Crippen molar-refractivity contribution in [3.05, 3.63) is 65.0 Å². The molecule has 8 heteroatoms. The van der Waals surface area contributed by atoms with Crippen molar-refractivity contribution < 1.29 is 28.2 Å². The molecule has 0 radical (unpaired) electrons. The van der Waals surface area contributed by atoms with Gasteiger partial charge in [0.2, 0.25) is 0 Å². The highest BCUT2D eigenvalue weighted by atomic mass is 19.1. The number of halogens is 1. The van der Waals surface area contributed by atoms with Crippen LogP contribution in [0.3, 0.4) is 0 Å². The van der Waals surface area contributed by atoms with E-state index in [9.17, 15) is 18.8 Å². The summed E-state index contributed by atoms with van der Waals surface area (Å²) in [6.07, 6.45) is 0. The van der Waals surface area contributed by atoms with Gasteiger partial charge in [-0.3, -0.25) is 4.79 Å². The lowest BCUT2D eigenvalue weighted by Crippen LogP contribution is -2.28. The summed E-state index contributed by atoms with van der Waals surface area (Å²) in [7, 11) is 1.29. The van der Waals surface area contributed by atoms with Gasteiger partial charge in [0.25, 0.3) is 5.91 Å². The summed E-state index contributed by atoms with van der Waals surface area (Å²) in [5.74, 6) is -2.36. The molecule has 26 heavy (non-hydrogen) atoms. The number of rotatable bonds is 6. The second-order valence-electron chi connectivity index (χ2n) is 5.27. The Hall–Kier alpha value is -3.42. The van der Waals surface area contributed by atoms with E-state index in [1.807, 2.05) is 0 Å². The van der Waals surface area contributed by atoms with E-state index in [2.05, 4.69) is 10.1 Å². The Kier molecular flexibility index (Phi) is 6.26. The van der Waals surface area contributed by atoms with Crippen molar-refractivity contribution in [2.24, 2.45) is 0 Å². The van der Waals surface area contributed by atoms with Crippen LogP contribution in [-0.4, -0.2) is 31.6 Å². The highest BCUT2D eigenvalue weighted by Crippen LogP contribution is 2.14. The lowest BCUT2D eigenvalue weighted by Gasteiger charge is -2.08. The van der Waals surface area contributed by atoms with Gasteiger partial charge in [0.05, 0.1) is 18.2 Å². The number of nitrogen functional groups attached to an aromatic ring is 1. The summed E-state index contributed by atoms with van der Waals surface area (Å²) in [5.41, 5.74) is 6.59. The second kappa shape index (κ2) is 8.61. The van der Waals surface area contributed by atoms with Crippen LogP contribution < -0.4 is 11.1 Å². The average Bonchev–Trinajstić information content (AvgIpc) is 2.64. The van der Waals surface area contributed by atoms with E-state index < -0.39 is 30.3 Å². The Labute approximate surface area is 148 Å². The van der Waals surface area contributed by atoms with Crippen LogP contribution >= 0.6 is 0 Å². The zero-order chi connectivity index (χ0) is 19.1. The molecule has 0 bridgehead atoms. The topological polar surface area (TPSA) is 108 Å². The molecule has 0 atom stereocenters. The van der Waals surface area contributed by atoms with Crippen molar-refractivity contribution in [2.75, 3.05) is 19.5 Å². The molecule has 2 rings (SSSR count). The number of amides is 1. The van der Waals surface area contributed by atoms with Crippen LogP contribution in [0.4, 0.5) is 10.1 Å². The Morgan fingerprint density at radius 2 is 1.77 bits per heavy atom. The summed E-state index contributed by atoms with van der Waals surface area (Å²) in [4.78, 5) is 34.9. The molecule has 0 saturated heterocycles. The minimum atomic E-state index is -0.819. The fourth-order valence-electron chi connectivity index (χ4n) is 2.06. The minimum Gasteiger partial charge on any atom is -0.465 e. The number of nitrogens with one attached hydrogen (secondary N) is 1. The van der Waals surface area contributed by atoms with Crippen LogP contribution in [0, 0.1) is 5.82 Å². The maximum Gasteiger partial charge on any atom is 0.340 e. The molecule has 0 saturated carbocycles. The smallest absolute Gasteiger partial charge is 0.340 e. The van der Waals surface area contributed by atoms with Crippen molar-refractivity contribution in [2.45, 2.75) is 6.54 Å². The number of carbonyl (C=O) groups excluding carboxylic acids is 3. The number of hydrogen-bond acceptors (Lipinski definition) is 6. The molecule has 2 aromatic rings. The summed E-state index contributed by atoms with van der Waals surface area (Å²) < 4.78 is 22.4. The van der Waals surface area contributed by atoms with Crippen LogP contribution in [0.25, 0.3) is 0 Å². The predicted octanol–water partition coefficient (Wildman–Crippen LogP) is 1.67. The first kappa shape index (κ1) is 18.9. The molecule has 3 N–H and O–H groups in total. The van der Waals surface area contributed by atoms with Crippen LogP contribution in [-0.2, 0) is 20.8 Å². The van der Waals surface area contributed by atoms with Crippen LogP contribution in [0.5, 0.6) is 0 Å². The predicted molar refractivity (Wildman–Crippen MR) is 90.7 cm³/mol. The standard InChI is InChI=1S/C18H17FN2O5/c1-25-17(23)12-4-2-11(3-5-12)9-21-16(22)10-26-18(24)14-7-6-13(19)8-15(14)20/h2-8H,9-10,20H2,1H3,(H,21,22). The fraction of sp³-hybridized carbons (Fsp3) is 0.167. The number of nitrogens with two attached hydrogens (primary N) is 1. The molecule has 1 amide bonds. The van der Waals surface area contributed by atoms with E-state index >= 15 is 0 Å². The molecule has 0 fully saturated rings. The molecular formula is C18H17FN2O5. The van der Waals surface area contributed by atoms with Gasteiger partial charge in [-0.25, -0.2) is 14.0 Å². The number of anilines is 1. The van der Waals surface area contributed by atoms with E-state index in [1.54, 1.807) is 24.3 Å². The number of benzene rings is 2. The number of esters is 2. The maximum absolute atomic E-state index is 13.0. The Morgan fingerprint density at radius 1 is 1.08 bits per heavy atom. The van der Waals surface area contributed by atoms with Crippen molar-refractivity contribution in [1.82, 2.24) is 5.32 Å². The summed E-state index contributed by atoms with van der Waals surface area (Å²) in [6.45, 7) is -0.313. The van der Waals surface area contributed by atoms with Crippen LogP contribution in [0.1, 0.15) is 26.3 Å². The molecule has 136 valence electrons. The molecule has 0 spiro atoms. The van der Waals surface area contributed by atoms with Gasteiger partial charge in [-0.15, -0.1) is 0 Å². The zero-order valence-corrected chi connectivity index (χ0v) is 14.0. The highest BCUT2D eigenvalue weighted by molar-refractivity contribution is 5.96. The monoisotopic (exact) mass is 360 g/mol. The zero-order valence-electron chi connectivity index (χ0n) is 14.0. The van der Waals surface area contributed by atoms with E-state index in [4.69, 9.17) is 10.5 Å². The molecule has 7 nitrogen and oxygen atoms in total. The molecule has 0 aromatic heterocycles. The normalized spacial score (nSPS) is 10.1. The first-order chi connectivity index (χ1) is 12.4. The fourth-order valence-corrected chi connectivity index (χ4v) is 2.06. The molecule has 0 aliphatic carbocycles. The van der Waals surface area contributed by atoms with Gasteiger partial charge in [-0.1, -0.05) is 12.1 Å². The first-order valence-electron chi connectivity index (χ1n) is 7.57. The quantitative estimate of drug-likeness (QED) is 0.599. The van der Waals surface area contributed by atoms with Gasteiger partial charge in [-0.2, -0.15) is 0 Å². The summed E-state index contributed by atoms with van der Waals surface area (Å²) >= 11 is 0. The van der Waals surface area contributed by atoms with E-state index in [0.717, 1.165) is 17.7 Å². The molecule has 0 aliphatic rings. The van der Waals surface area contributed by atoms with E-state index in [-0.39, 0.29) is 17.8 Å². The van der Waals surface area contributed by atoms with Crippen LogP contribution in [0.15, 0.2) is 42.5 Å². The first-order valence-corrected chi connectivity index (χ1v) is 7.57. The van der Waals surface area contributed by atoms with Gasteiger partial charge in [0.15, 0.2) is 6.61 Å². The maximum atomic E-state index is 13.0. The lowest BCUT2D eigenvalue weighted by atomic mass is 10.1. The highest BCUT2D eigenvalue weighted by Gasteiger charge is 2.14. The SMILES string of the molecule is COC(=O)c1ccc(CNC(=O)COC(=O)c2ccc(F)cc2N)cc1. The molecule has 0 unspecified atom stereocenters. The van der Waals surface area contributed by atoms with Gasteiger partial charge in [0, 0.05) is 12.2 Å². The van der Waals surface area contributed by atoms with Crippen molar-refractivity contribution in [3.8, 4) is 0 Å². The second-order valence-corrected chi connectivity index (χ2v) is 5.27. The third kappa shape index (κ3) is 5.04. The molecule has 0 heterocycles. The van der Waals surface area contributed by atoms with E-state index in [0.29, 0.717) is 5.56 Å². The minimum absolute atomic E-state index is 0.0161. The molecule has 2 aromatic carbocycles. The lowest BCUT2D eigenvalue weighted by molar-refractivity contribution is -0.124. The summed E-state index contributed by atoms with van der Waals surface area (Å²) in [5, 5.41) is 2.57. The largest absolute Gasteiger partial charge is 0.465 e. The van der Waals surface area contributed by atoms with Gasteiger partial charge >= 0.3 is 11.9 Å². The molecule has 0 aliphatic heterocycles. The van der Waals surface area contributed by atoms with Gasteiger partial charge < -0.3 is 20.5 Å². The third-order valence-corrected chi connectivity index (χ3v) is 3.43. The number of carbonyl (C=O) groups is 3. The van der Waals surface area contributed by atoms with Gasteiger partial charge in [-0.05, 0) is 35.9 Å². The number of methoxy groups -OCH3 is 1.